The van der Waals surface area contributed by atoms with Gasteiger partial charge in [0.1, 0.15) is 11.1 Å². The molecule has 1 amide bonds. The highest BCUT2D eigenvalue weighted by Crippen LogP contribution is 2.43. The first-order valence-corrected chi connectivity index (χ1v) is 11.3. The van der Waals surface area contributed by atoms with E-state index in [1.807, 2.05) is 6.07 Å². The largest absolute Gasteiger partial charge is 0.462 e. The highest BCUT2D eigenvalue weighted by molar-refractivity contribution is 9.10. The number of nitriles is 1. The molecule has 1 heterocycles. The third-order valence-corrected chi connectivity index (χ3v) is 6.65. The van der Waals surface area contributed by atoms with E-state index in [9.17, 15) is 14.9 Å². The number of anilines is 1. The smallest absolute Gasteiger partial charge is 0.351 e. The van der Waals surface area contributed by atoms with Crippen molar-refractivity contribution >= 4 is 68.5 Å². The molecule has 2 aromatic rings. The van der Waals surface area contributed by atoms with Gasteiger partial charge in [-0.05, 0) is 61.4 Å². The molecule has 0 spiro atoms. The van der Waals surface area contributed by atoms with Gasteiger partial charge in [0.25, 0.3) is 0 Å². The Morgan fingerprint density at radius 2 is 1.97 bits per heavy atom. The fraction of sp³-hybridized carbons (Fsp3) is 0.190. The molecule has 1 fully saturated rings. The molecular formula is C21H15BrCl2N2O3S. The van der Waals surface area contributed by atoms with Gasteiger partial charge in [0.05, 0.1) is 11.9 Å². The Labute approximate surface area is 196 Å². The summed E-state index contributed by atoms with van der Waals surface area (Å²) in [6.07, 6.45) is 0.293. The first-order chi connectivity index (χ1) is 14.3. The van der Waals surface area contributed by atoms with Crippen molar-refractivity contribution in [2.75, 3.05) is 11.5 Å². The van der Waals surface area contributed by atoms with E-state index in [1.54, 1.807) is 49.4 Å². The number of benzene rings is 2. The molecular weight excluding hydrogens is 511 g/mol. The Bertz CT molecular complexity index is 1070. The number of ether oxygens (including phenoxy) is 1. The third kappa shape index (κ3) is 4.84. The van der Waals surface area contributed by atoms with Crippen LogP contribution in [0.3, 0.4) is 0 Å². The number of nitrogens with zero attached hydrogens (tertiary/aromatic N) is 2. The zero-order valence-electron chi connectivity index (χ0n) is 15.7. The summed E-state index contributed by atoms with van der Waals surface area (Å²) in [6.45, 7) is 1.77. The van der Waals surface area contributed by atoms with Gasteiger partial charge in [-0.25, -0.2) is 4.79 Å². The average molecular weight is 526 g/mol. The van der Waals surface area contributed by atoms with Crippen molar-refractivity contribution in [1.29, 1.82) is 5.26 Å². The predicted octanol–water partition coefficient (Wildman–Crippen LogP) is 5.75. The maximum absolute atomic E-state index is 13.3. The van der Waals surface area contributed by atoms with Crippen LogP contribution < -0.4 is 4.90 Å². The van der Waals surface area contributed by atoms with Crippen LogP contribution in [0, 0.1) is 11.3 Å². The zero-order chi connectivity index (χ0) is 21.8. The lowest BCUT2D eigenvalue weighted by atomic mass is 10.1. The van der Waals surface area contributed by atoms with Gasteiger partial charge in [0, 0.05) is 20.2 Å². The van der Waals surface area contributed by atoms with Crippen molar-refractivity contribution in [2.24, 2.45) is 0 Å². The second-order valence-corrected chi connectivity index (χ2v) is 9.16. The van der Waals surface area contributed by atoms with Crippen molar-refractivity contribution in [1.82, 2.24) is 0 Å². The highest BCUT2D eigenvalue weighted by atomic mass is 79.9. The van der Waals surface area contributed by atoms with E-state index < -0.39 is 11.2 Å². The summed E-state index contributed by atoms with van der Waals surface area (Å²) in [5, 5.41) is 10.3. The number of carbonyl (C=O) groups is 2. The molecule has 5 nitrogen and oxygen atoms in total. The van der Waals surface area contributed by atoms with Crippen LogP contribution in [0.25, 0.3) is 0 Å². The Morgan fingerprint density at radius 3 is 2.60 bits per heavy atom. The number of halogens is 3. The van der Waals surface area contributed by atoms with E-state index in [4.69, 9.17) is 27.9 Å². The van der Waals surface area contributed by atoms with Crippen LogP contribution >= 0.6 is 50.9 Å². The molecule has 1 saturated heterocycles. The molecule has 0 N–H and O–H groups in total. The van der Waals surface area contributed by atoms with Gasteiger partial charge in [-0.2, -0.15) is 5.26 Å². The zero-order valence-corrected chi connectivity index (χ0v) is 19.6. The SMILES string of the molecule is CCOC(=O)/C(C#N)=C1\SC(Cc2cc(Cl)ccc2Cl)C(=O)N1c1ccc(Br)cc1. The van der Waals surface area contributed by atoms with Gasteiger partial charge in [0.2, 0.25) is 5.91 Å². The topological polar surface area (TPSA) is 70.4 Å². The normalized spacial score (nSPS) is 17.6. The van der Waals surface area contributed by atoms with Crippen LogP contribution in [0.1, 0.15) is 12.5 Å². The molecule has 154 valence electrons. The average Bonchev–Trinajstić information content (AvgIpc) is 3.02. The second-order valence-electron chi connectivity index (χ2n) is 6.21. The summed E-state index contributed by atoms with van der Waals surface area (Å²) in [4.78, 5) is 27.1. The molecule has 3 rings (SSSR count). The number of carbonyl (C=O) groups excluding carboxylic acids is 2. The van der Waals surface area contributed by atoms with E-state index in [1.165, 1.54) is 4.90 Å². The van der Waals surface area contributed by atoms with Crippen molar-refractivity contribution in [3.63, 3.8) is 0 Å². The number of rotatable bonds is 5. The predicted molar refractivity (Wildman–Crippen MR) is 122 cm³/mol. The maximum atomic E-state index is 13.3. The minimum absolute atomic E-state index is 0.121. The fourth-order valence-corrected chi connectivity index (χ4v) is 4.84. The Morgan fingerprint density at radius 1 is 1.27 bits per heavy atom. The molecule has 0 aromatic heterocycles. The molecule has 1 aliphatic heterocycles. The molecule has 2 aromatic carbocycles. The standard InChI is InChI=1S/C21H15BrCl2N2O3S/c1-2-29-21(28)16(11-25)20-26(15-6-3-13(22)4-7-15)19(27)18(30-20)10-12-9-14(23)5-8-17(12)24/h3-9,18H,2,10H2,1H3/b20-16-. The molecule has 1 aliphatic rings. The number of esters is 1. The molecule has 9 heteroatoms. The van der Waals surface area contributed by atoms with Crippen molar-refractivity contribution in [3.05, 3.63) is 73.1 Å². The van der Waals surface area contributed by atoms with Gasteiger partial charge in [-0.1, -0.05) is 50.9 Å². The number of hydrogen-bond donors (Lipinski definition) is 0. The van der Waals surface area contributed by atoms with Gasteiger partial charge >= 0.3 is 5.97 Å². The van der Waals surface area contributed by atoms with Gasteiger partial charge in [-0.3, -0.25) is 9.69 Å². The van der Waals surface area contributed by atoms with Crippen LogP contribution in [-0.4, -0.2) is 23.7 Å². The summed E-state index contributed by atoms with van der Waals surface area (Å²) in [5.41, 5.74) is 1.04. The number of thioether (sulfide) groups is 1. The van der Waals surface area contributed by atoms with Crippen molar-refractivity contribution < 1.29 is 14.3 Å². The summed E-state index contributed by atoms with van der Waals surface area (Å²) in [7, 11) is 0. The molecule has 0 saturated carbocycles. The maximum Gasteiger partial charge on any atom is 0.351 e. The third-order valence-electron chi connectivity index (χ3n) is 4.26. The monoisotopic (exact) mass is 524 g/mol. The summed E-state index contributed by atoms with van der Waals surface area (Å²) >= 11 is 16.9. The lowest BCUT2D eigenvalue weighted by molar-refractivity contribution is -0.138. The number of hydrogen-bond acceptors (Lipinski definition) is 5. The van der Waals surface area contributed by atoms with Gasteiger partial charge in [-0.15, -0.1) is 0 Å². The molecule has 0 aliphatic carbocycles. The van der Waals surface area contributed by atoms with Crippen molar-refractivity contribution in [2.45, 2.75) is 18.6 Å². The first kappa shape index (κ1) is 22.7. The quantitative estimate of drug-likeness (QED) is 0.282. The minimum atomic E-state index is -0.765. The molecule has 0 bridgehead atoms. The lowest BCUT2D eigenvalue weighted by Gasteiger charge is -2.18. The fourth-order valence-electron chi connectivity index (χ4n) is 2.90. The minimum Gasteiger partial charge on any atom is -0.462 e. The Hall–Kier alpha value is -1.98. The van der Waals surface area contributed by atoms with Gasteiger partial charge < -0.3 is 4.74 Å². The van der Waals surface area contributed by atoms with Crippen LogP contribution in [0.15, 0.2) is 57.5 Å². The second kappa shape index (κ2) is 9.88. The van der Waals surface area contributed by atoms with E-state index in [0.29, 0.717) is 27.7 Å². The summed E-state index contributed by atoms with van der Waals surface area (Å²) in [6, 6.07) is 14.0. The van der Waals surface area contributed by atoms with E-state index in [2.05, 4.69) is 15.9 Å². The van der Waals surface area contributed by atoms with E-state index in [0.717, 1.165) is 16.2 Å². The summed E-state index contributed by atoms with van der Waals surface area (Å²) in [5.74, 6) is -1.02. The van der Waals surface area contributed by atoms with Crippen LogP contribution in [0.2, 0.25) is 10.0 Å². The van der Waals surface area contributed by atoms with Gasteiger partial charge in [0.15, 0.2) is 5.57 Å². The molecule has 0 radical (unpaired) electrons. The van der Waals surface area contributed by atoms with Crippen LogP contribution in [-0.2, 0) is 20.7 Å². The van der Waals surface area contributed by atoms with E-state index >= 15 is 0 Å². The Kier molecular flexibility index (Phi) is 7.48. The number of amides is 1. The summed E-state index contributed by atoms with van der Waals surface area (Å²) < 4.78 is 5.85. The lowest BCUT2D eigenvalue weighted by Crippen LogP contribution is -2.30. The van der Waals surface area contributed by atoms with Crippen LogP contribution in [0.5, 0.6) is 0 Å². The highest BCUT2D eigenvalue weighted by Gasteiger charge is 2.41. The molecule has 1 atom stereocenters. The van der Waals surface area contributed by atoms with Crippen LogP contribution in [0.4, 0.5) is 5.69 Å². The van der Waals surface area contributed by atoms with E-state index in [-0.39, 0.29) is 23.1 Å². The van der Waals surface area contributed by atoms with Crippen molar-refractivity contribution in [3.8, 4) is 6.07 Å². The Balaban J connectivity index is 2.06. The molecule has 30 heavy (non-hydrogen) atoms. The first-order valence-electron chi connectivity index (χ1n) is 8.87. The molecule has 1 unspecified atom stereocenters.